The van der Waals surface area contributed by atoms with Gasteiger partial charge in [0.1, 0.15) is 0 Å². The topological polar surface area (TPSA) is 24.1 Å². The summed E-state index contributed by atoms with van der Waals surface area (Å²) in [6, 6.07) is 29.8. The predicted molar refractivity (Wildman–Crippen MR) is 118 cm³/mol. The van der Waals surface area contributed by atoms with Crippen molar-refractivity contribution in [3.63, 3.8) is 0 Å². The molecular formula is C24H26N2S. The predicted octanol–water partition coefficient (Wildman–Crippen LogP) is 5.18. The van der Waals surface area contributed by atoms with Gasteiger partial charge in [-0.1, -0.05) is 90.5 Å². The van der Waals surface area contributed by atoms with Crippen LogP contribution in [0, 0.1) is 6.92 Å². The number of thiocarbonyl (C=S) groups is 1. The Labute approximate surface area is 167 Å². The first kappa shape index (κ1) is 19.1. The Bertz CT molecular complexity index is 790. The third-order valence-corrected chi connectivity index (χ3v) is 4.98. The van der Waals surface area contributed by atoms with Gasteiger partial charge in [0.15, 0.2) is 5.11 Å². The molecule has 0 atom stereocenters. The Kier molecular flexibility index (Phi) is 7.00. The molecule has 0 unspecified atom stereocenters. The summed E-state index contributed by atoms with van der Waals surface area (Å²) in [5.41, 5.74) is 5.18. The van der Waals surface area contributed by atoms with Crippen LogP contribution in [0.15, 0.2) is 84.9 Å². The molecule has 0 fully saturated rings. The SMILES string of the molecule is Cc1ccc(CNC(=S)NCCC(c2ccccc2)c2ccccc2)cc1. The Morgan fingerprint density at radius 1 is 0.778 bits per heavy atom. The van der Waals surface area contributed by atoms with Gasteiger partial charge in [-0.2, -0.15) is 0 Å². The number of rotatable bonds is 7. The molecule has 0 aliphatic carbocycles. The molecule has 0 spiro atoms. The summed E-state index contributed by atoms with van der Waals surface area (Å²) in [7, 11) is 0. The highest BCUT2D eigenvalue weighted by atomic mass is 32.1. The third-order valence-electron chi connectivity index (χ3n) is 4.70. The molecule has 138 valence electrons. The van der Waals surface area contributed by atoms with E-state index in [1.807, 2.05) is 0 Å². The Morgan fingerprint density at radius 2 is 1.33 bits per heavy atom. The van der Waals surface area contributed by atoms with E-state index in [4.69, 9.17) is 12.2 Å². The third kappa shape index (κ3) is 5.93. The maximum atomic E-state index is 5.44. The van der Waals surface area contributed by atoms with E-state index in [-0.39, 0.29) is 0 Å². The molecule has 2 nitrogen and oxygen atoms in total. The highest BCUT2D eigenvalue weighted by Crippen LogP contribution is 2.27. The Hall–Kier alpha value is -2.65. The number of hydrogen-bond acceptors (Lipinski definition) is 1. The molecule has 0 amide bonds. The highest BCUT2D eigenvalue weighted by Gasteiger charge is 2.13. The molecule has 27 heavy (non-hydrogen) atoms. The van der Waals surface area contributed by atoms with Crippen molar-refractivity contribution in [3.8, 4) is 0 Å². The van der Waals surface area contributed by atoms with Crippen LogP contribution in [0.1, 0.15) is 34.6 Å². The van der Waals surface area contributed by atoms with Crippen LogP contribution in [0.2, 0.25) is 0 Å². The molecule has 0 heterocycles. The lowest BCUT2D eigenvalue weighted by Gasteiger charge is -2.19. The monoisotopic (exact) mass is 374 g/mol. The fourth-order valence-corrected chi connectivity index (χ4v) is 3.35. The van der Waals surface area contributed by atoms with Gasteiger partial charge in [-0.05, 0) is 42.3 Å². The molecule has 2 N–H and O–H groups in total. The molecule has 0 saturated heterocycles. The maximum absolute atomic E-state index is 5.44. The van der Waals surface area contributed by atoms with Crippen LogP contribution in [-0.2, 0) is 6.54 Å². The van der Waals surface area contributed by atoms with E-state index in [1.54, 1.807) is 0 Å². The Balaban J connectivity index is 1.53. The molecule has 0 aliphatic rings. The van der Waals surface area contributed by atoms with Gasteiger partial charge in [-0.15, -0.1) is 0 Å². The van der Waals surface area contributed by atoms with Gasteiger partial charge in [-0.3, -0.25) is 0 Å². The lowest BCUT2D eigenvalue weighted by atomic mass is 9.88. The largest absolute Gasteiger partial charge is 0.363 e. The molecule has 3 aromatic rings. The van der Waals surface area contributed by atoms with Crippen molar-refractivity contribution in [2.24, 2.45) is 0 Å². The van der Waals surface area contributed by atoms with E-state index in [0.29, 0.717) is 11.0 Å². The first-order valence-electron chi connectivity index (χ1n) is 9.39. The van der Waals surface area contributed by atoms with E-state index in [2.05, 4.69) is 102 Å². The van der Waals surface area contributed by atoms with Gasteiger partial charge >= 0.3 is 0 Å². The van der Waals surface area contributed by atoms with Crippen LogP contribution in [-0.4, -0.2) is 11.7 Å². The summed E-state index contributed by atoms with van der Waals surface area (Å²) in [6.07, 6.45) is 0.986. The molecule has 0 saturated carbocycles. The number of nitrogens with one attached hydrogen (secondary N) is 2. The molecular weight excluding hydrogens is 348 g/mol. The van der Waals surface area contributed by atoms with Crippen molar-refractivity contribution in [1.82, 2.24) is 10.6 Å². The molecule has 0 bridgehead atoms. The zero-order valence-corrected chi connectivity index (χ0v) is 16.5. The van der Waals surface area contributed by atoms with Gasteiger partial charge < -0.3 is 10.6 Å². The zero-order valence-electron chi connectivity index (χ0n) is 15.7. The van der Waals surface area contributed by atoms with E-state index in [0.717, 1.165) is 19.5 Å². The summed E-state index contributed by atoms with van der Waals surface area (Å²) in [5.74, 6) is 0.361. The van der Waals surface area contributed by atoms with Gasteiger partial charge in [0.2, 0.25) is 0 Å². The van der Waals surface area contributed by atoms with Crippen LogP contribution in [0.25, 0.3) is 0 Å². The van der Waals surface area contributed by atoms with E-state index in [9.17, 15) is 0 Å². The average molecular weight is 375 g/mol. The van der Waals surface area contributed by atoms with Crippen molar-refractivity contribution >= 4 is 17.3 Å². The van der Waals surface area contributed by atoms with Gasteiger partial charge in [-0.25, -0.2) is 0 Å². The normalized spacial score (nSPS) is 10.6. The minimum Gasteiger partial charge on any atom is -0.363 e. The Morgan fingerprint density at radius 3 is 1.89 bits per heavy atom. The summed E-state index contributed by atoms with van der Waals surface area (Å²) < 4.78 is 0. The second-order valence-corrected chi connectivity index (χ2v) is 7.17. The number of hydrogen-bond donors (Lipinski definition) is 2. The second-order valence-electron chi connectivity index (χ2n) is 6.76. The molecule has 0 radical (unpaired) electrons. The van der Waals surface area contributed by atoms with Crippen LogP contribution in [0.3, 0.4) is 0 Å². The fraction of sp³-hybridized carbons (Fsp3) is 0.208. The van der Waals surface area contributed by atoms with Crippen molar-refractivity contribution in [3.05, 3.63) is 107 Å². The standard InChI is InChI=1S/C24H26N2S/c1-19-12-14-20(15-13-19)18-26-24(27)25-17-16-23(21-8-4-2-5-9-21)22-10-6-3-7-11-22/h2-15,23H,16-18H2,1H3,(H2,25,26,27). The van der Waals surface area contributed by atoms with Crippen molar-refractivity contribution < 1.29 is 0 Å². The van der Waals surface area contributed by atoms with Gasteiger partial charge in [0.25, 0.3) is 0 Å². The lowest BCUT2D eigenvalue weighted by Crippen LogP contribution is -2.35. The van der Waals surface area contributed by atoms with Crippen LogP contribution in [0.5, 0.6) is 0 Å². The van der Waals surface area contributed by atoms with Gasteiger partial charge in [0, 0.05) is 19.0 Å². The minimum atomic E-state index is 0.361. The second kappa shape index (κ2) is 9.89. The van der Waals surface area contributed by atoms with E-state index < -0.39 is 0 Å². The van der Waals surface area contributed by atoms with Crippen molar-refractivity contribution in [1.29, 1.82) is 0 Å². The van der Waals surface area contributed by atoms with Crippen LogP contribution < -0.4 is 10.6 Å². The molecule has 0 aliphatic heterocycles. The fourth-order valence-electron chi connectivity index (χ4n) is 3.18. The first-order chi connectivity index (χ1) is 13.2. The summed E-state index contributed by atoms with van der Waals surface area (Å²) in [5, 5.41) is 7.35. The number of benzene rings is 3. The van der Waals surface area contributed by atoms with E-state index >= 15 is 0 Å². The maximum Gasteiger partial charge on any atom is 0.166 e. The quantitative estimate of drug-likeness (QED) is 0.557. The van der Waals surface area contributed by atoms with E-state index in [1.165, 1.54) is 22.3 Å². The van der Waals surface area contributed by atoms with Crippen LogP contribution >= 0.6 is 12.2 Å². The molecule has 3 heteroatoms. The van der Waals surface area contributed by atoms with Crippen LogP contribution in [0.4, 0.5) is 0 Å². The van der Waals surface area contributed by atoms with Crippen molar-refractivity contribution in [2.75, 3.05) is 6.54 Å². The summed E-state index contributed by atoms with van der Waals surface area (Å²) in [6.45, 7) is 3.67. The average Bonchev–Trinajstić information content (AvgIpc) is 2.72. The molecule has 3 aromatic carbocycles. The highest BCUT2D eigenvalue weighted by molar-refractivity contribution is 7.80. The molecule has 3 rings (SSSR count). The van der Waals surface area contributed by atoms with Gasteiger partial charge in [0.05, 0.1) is 0 Å². The molecule has 0 aromatic heterocycles. The lowest BCUT2D eigenvalue weighted by molar-refractivity contribution is 0.684. The van der Waals surface area contributed by atoms with Crippen molar-refractivity contribution in [2.45, 2.75) is 25.8 Å². The first-order valence-corrected chi connectivity index (χ1v) is 9.80. The summed E-state index contributed by atoms with van der Waals surface area (Å²) in [4.78, 5) is 0. The summed E-state index contributed by atoms with van der Waals surface area (Å²) >= 11 is 5.44. The minimum absolute atomic E-state index is 0.361. The number of aryl methyl sites for hydroxylation is 1. The zero-order chi connectivity index (χ0) is 18.9. The smallest absolute Gasteiger partial charge is 0.166 e.